The lowest BCUT2D eigenvalue weighted by molar-refractivity contribution is 0.239. The average Bonchev–Trinajstić information content (AvgIpc) is 2.59. The molecule has 0 bridgehead atoms. The molecule has 0 spiro atoms. The predicted molar refractivity (Wildman–Crippen MR) is 90.2 cm³/mol. The van der Waals surface area contributed by atoms with Crippen LogP contribution in [-0.2, 0) is 6.61 Å². The zero-order chi connectivity index (χ0) is 16.5. The largest absolute Gasteiger partial charge is 0.487 e. The van der Waals surface area contributed by atoms with Gasteiger partial charge in [0, 0.05) is 12.7 Å². The summed E-state index contributed by atoms with van der Waals surface area (Å²) in [5, 5.41) is 5.55. The van der Waals surface area contributed by atoms with E-state index in [0.717, 1.165) is 17.0 Å². The summed E-state index contributed by atoms with van der Waals surface area (Å²) in [6, 6.07) is 13.0. The maximum absolute atomic E-state index is 11.7. The van der Waals surface area contributed by atoms with E-state index in [2.05, 4.69) is 22.2 Å². The Balaban J connectivity index is 1.93. The van der Waals surface area contributed by atoms with Gasteiger partial charge in [0.2, 0.25) is 0 Å². The Labute approximate surface area is 136 Å². The van der Waals surface area contributed by atoms with Gasteiger partial charge in [0.1, 0.15) is 12.4 Å². The fraction of sp³-hybridized carbons (Fsp3) is 0.222. The summed E-state index contributed by atoms with van der Waals surface area (Å²) in [5.41, 5.74) is 1.84. The molecule has 5 nitrogen and oxygen atoms in total. The standard InChI is InChI=1S/C18H21N3O2/c1-3-10-20-18(22)21-14(2)15-7-6-9-17(12-15)23-13-16-8-4-5-11-19-16/h3-9,11-12,14H,1,10,13H2,2H3,(H2,20,21,22)/t14-/m1/s1. The molecule has 1 atom stereocenters. The molecule has 2 N–H and O–H groups in total. The van der Waals surface area contributed by atoms with E-state index in [1.54, 1.807) is 12.3 Å². The number of amides is 2. The van der Waals surface area contributed by atoms with Gasteiger partial charge in [-0.3, -0.25) is 4.98 Å². The molecule has 0 radical (unpaired) electrons. The molecule has 0 fully saturated rings. The van der Waals surface area contributed by atoms with Crippen molar-refractivity contribution >= 4 is 6.03 Å². The van der Waals surface area contributed by atoms with E-state index in [9.17, 15) is 4.79 Å². The molecule has 2 aromatic rings. The lowest BCUT2D eigenvalue weighted by atomic mass is 10.1. The van der Waals surface area contributed by atoms with Gasteiger partial charge >= 0.3 is 6.03 Å². The van der Waals surface area contributed by atoms with Crippen LogP contribution in [0, 0.1) is 0 Å². The number of pyridine rings is 1. The van der Waals surface area contributed by atoms with Crippen molar-refractivity contribution in [2.45, 2.75) is 19.6 Å². The monoisotopic (exact) mass is 311 g/mol. The molecule has 1 aromatic heterocycles. The highest BCUT2D eigenvalue weighted by Crippen LogP contribution is 2.19. The molecule has 1 aromatic carbocycles. The van der Waals surface area contributed by atoms with Gasteiger partial charge < -0.3 is 15.4 Å². The SMILES string of the molecule is C=CCNC(=O)N[C@H](C)c1cccc(OCc2ccccn2)c1. The third-order valence-corrected chi connectivity index (χ3v) is 3.23. The summed E-state index contributed by atoms with van der Waals surface area (Å²) in [6.45, 7) is 6.33. The van der Waals surface area contributed by atoms with Gasteiger partial charge in [-0.1, -0.05) is 24.3 Å². The number of hydrogen-bond acceptors (Lipinski definition) is 3. The first-order chi connectivity index (χ1) is 11.2. The lowest BCUT2D eigenvalue weighted by Crippen LogP contribution is -2.37. The molecule has 5 heteroatoms. The third kappa shape index (κ3) is 5.47. The Morgan fingerprint density at radius 1 is 1.35 bits per heavy atom. The Kier molecular flexibility index (Phi) is 6.17. The maximum atomic E-state index is 11.7. The first-order valence-electron chi connectivity index (χ1n) is 7.47. The second-order valence-corrected chi connectivity index (χ2v) is 5.05. The molecule has 2 rings (SSSR count). The first-order valence-corrected chi connectivity index (χ1v) is 7.47. The number of nitrogens with one attached hydrogen (secondary N) is 2. The molecule has 0 aliphatic heterocycles. The average molecular weight is 311 g/mol. The number of benzene rings is 1. The van der Waals surface area contributed by atoms with Crippen LogP contribution in [0.4, 0.5) is 4.79 Å². The van der Waals surface area contributed by atoms with Gasteiger partial charge in [0.25, 0.3) is 0 Å². The molecule has 0 saturated carbocycles. The van der Waals surface area contributed by atoms with E-state index in [-0.39, 0.29) is 12.1 Å². The van der Waals surface area contributed by atoms with Crippen LogP contribution < -0.4 is 15.4 Å². The lowest BCUT2D eigenvalue weighted by Gasteiger charge is -2.16. The van der Waals surface area contributed by atoms with E-state index in [1.807, 2.05) is 49.4 Å². The molecule has 120 valence electrons. The summed E-state index contributed by atoms with van der Waals surface area (Å²) in [5.74, 6) is 0.744. The minimum Gasteiger partial charge on any atom is -0.487 e. The van der Waals surface area contributed by atoms with Crippen LogP contribution in [-0.4, -0.2) is 17.6 Å². The fourth-order valence-electron chi connectivity index (χ4n) is 2.01. The van der Waals surface area contributed by atoms with Crippen molar-refractivity contribution in [1.29, 1.82) is 0 Å². The quantitative estimate of drug-likeness (QED) is 0.772. The Bertz CT molecular complexity index is 644. The normalized spacial score (nSPS) is 11.3. The van der Waals surface area contributed by atoms with Crippen LogP contribution in [0.3, 0.4) is 0 Å². The summed E-state index contributed by atoms with van der Waals surface area (Å²) in [4.78, 5) is 15.9. The van der Waals surface area contributed by atoms with E-state index in [4.69, 9.17) is 4.74 Å². The molecule has 23 heavy (non-hydrogen) atoms. The molecular weight excluding hydrogens is 290 g/mol. The van der Waals surface area contributed by atoms with Crippen molar-refractivity contribution < 1.29 is 9.53 Å². The van der Waals surface area contributed by atoms with Crippen LogP contribution in [0.5, 0.6) is 5.75 Å². The van der Waals surface area contributed by atoms with Crippen LogP contribution in [0.15, 0.2) is 61.3 Å². The van der Waals surface area contributed by atoms with E-state index in [0.29, 0.717) is 13.2 Å². The minimum absolute atomic E-state index is 0.127. The molecular formula is C18H21N3O2. The number of hydrogen-bond donors (Lipinski definition) is 2. The molecule has 0 unspecified atom stereocenters. The van der Waals surface area contributed by atoms with Gasteiger partial charge in [-0.15, -0.1) is 6.58 Å². The van der Waals surface area contributed by atoms with Crippen LogP contribution >= 0.6 is 0 Å². The summed E-state index contributed by atoms with van der Waals surface area (Å²) in [7, 11) is 0. The van der Waals surface area contributed by atoms with Crippen molar-refractivity contribution in [1.82, 2.24) is 15.6 Å². The number of carbonyl (C=O) groups excluding carboxylic acids is 1. The van der Waals surface area contributed by atoms with Crippen molar-refractivity contribution in [2.75, 3.05) is 6.54 Å². The summed E-state index contributed by atoms with van der Waals surface area (Å²) in [6.07, 6.45) is 3.37. The van der Waals surface area contributed by atoms with Gasteiger partial charge in [-0.25, -0.2) is 4.79 Å². The Morgan fingerprint density at radius 2 is 2.22 bits per heavy atom. The molecule has 1 heterocycles. The Hall–Kier alpha value is -2.82. The van der Waals surface area contributed by atoms with Crippen LogP contribution in [0.2, 0.25) is 0 Å². The molecule has 0 aliphatic carbocycles. The minimum atomic E-state index is -0.225. The zero-order valence-corrected chi connectivity index (χ0v) is 13.2. The van der Waals surface area contributed by atoms with Crippen LogP contribution in [0.25, 0.3) is 0 Å². The van der Waals surface area contributed by atoms with Gasteiger partial charge in [-0.05, 0) is 36.8 Å². The van der Waals surface area contributed by atoms with Crippen LogP contribution in [0.1, 0.15) is 24.2 Å². The molecule has 0 saturated heterocycles. The second-order valence-electron chi connectivity index (χ2n) is 5.05. The van der Waals surface area contributed by atoms with Crippen molar-refractivity contribution in [3.63, 3.8) is 0 Å². The Morgan fingerprint density at radius 3 is 2.96 bits per heavy atom. The molecule has 2 amide bonds. The first kappa shape index (κ1) is 16.5. The van der Waals surface area contributed by atoms with Gasteiger partial charge in [0.05, 0.1) is 11.7 Å². The number of urea groups is 1. The van der Waals surface area contributed by atoms with E-state index < -0.39 is 0 Å². The number of aromatic nitrogens is 1. The third-order valence-electron chi connectivity index (χ3n) is 3.23. The smallest absolute Gasteiger partial charge is 0.315 e. The topological polar surface area (TPSA) is 63.2 Å². The summed E-state index contributed by atoms with van der Waals surface area (Å²) < 4.78 is 5.75. The number of ether oxygens (including phenoxy) is 1. The van der Waals surface area contributed by atoms with E-state index >= 15 is 0 Å². The van der Waals surface area contributed by atoms with Crippen molar-refractivity contribution in [3.8, 4) is 5.75 Å². The highest BCUT2D eigenvalue weighted by Gasteiger charge is 2.09. The van der Waals surface area contributed by atoms with E-state index in [1.165, 1.54) is 0 Å². The maximum Gasteiger partial charge on any atom is 0.315 e. The van der Waals surface area contributed by atoms with Crippen molar-refractivity contribution in [3.05, 3.63) is 72.6 Å². The van der Waals surface area contributed by atoms with Crippen molar-refractivity contribution in [2.24, 2.45) is 0 Å². The highest BCUT2D eigenvalue weighted by molar-refractivity contribution is 5.74. The van der Waals surface area contributed by atoms with Gasteiger partial charge in [0.15, 0.2) is 0 Å². The fourth-order valence-corrected chi connectivity index (χ4v) is 2.01. The predicted octanol–water partition coefficient (Wildman–Crippen LogP) is 3.21. The summed E-state index contributed by atoms with van der Waals surface area (Å²) >= 11 is 0. The number of rotatable bonds is 7. The number of carbonyl (C=O) groups is 1. The second kappa shape index (κ2) is 8.58. The zero-order valence-electron chi connectivity index (χ0n) is 13.2. The molecule has 0 aliphatic rings. The van der Waals surface area contributed by atoms with Gasteiger partial charge in [-0.2, -0.15) is 0 Å². The highest BCUT2D eigenvalue weighted by atomic mass is 16.5. The number of nitrogens with zero attached hydrogens (tertiary/aromatic N) is 1.